The highest BCUT2D eigenvalue weighted by Crippen LogP contribution is 2.53. The molecule has 0 bridgehead atoms. The van der Waals surface area contributed by atoms with Gasteiger partial charge in [-0.2, -0.15) is 26.3 Å². The normalized spacial score (nSPS) is 13.5. The van der Waals surface area contributed by atoms with Crippen LogP contribution in [0, 0.1) is 5.92 Å². The molecule has 0 unspecified atom stereocenters. The van der Waals surface area contributed by atoms with Gasteiger partial charge in [-0.25, -0.2) is 0 Å². The number of amides is 1. The zero-order valence-corrected chi connectivity index (χ0v) is 21.6. The first-order valence-corrected chi connectivity index (χ1v) is 14.2. The molecule has 37 heavy (non-hydrogen) atoms. The Balaban J connectivity index is 2.00. The van der Waals surface area contributed by atoms with E-state index in [4.69, 9.17) is 0 Å². The Kier molecular flexibility index (Phi) is 8.74. The lowest BCUT2D eigenvalue weighted by Gasteiger charge is -2.29. The van der Waals surface area contributed by atoms with Gasteiger partial charge in [0.2, 0.25) is 0 Å². The van der Waals surface area contributed by atoms with Crippen molar-refractivity contribution in [2.24, 2.45) is 5.92 Å². The number of rotatable bonds is 8. The van der Waals surface area contributed by atoms with Crippen molar-refractivity contribution in [2.45, 2.75) is 38.7 Å². The third-order valence-electron chi connectivity index (χ3n) is 6.18. The smallest absolute Gasteiger partial charge is 0.346 e. The summed E-state index contributed by atoms with van der Waals surface area (Å²) in [6, 6.07) is 20.0. The molecule has 0 aliphatic heterocycles. The Morgan fingerprint density at radius 2 is 1.22 bits per heavy atom. The number of benzene rings is 3. The highest BCUT2D eigenvalue weighted by Gasteiger charge is 2.41. The second kappa shape index (κ2) is 11.3. The van der Waals surface area contributed by atoms with Crippen LogP contribution < -0.4 is 15.9 Å². The van der Waals surface area contributed by atoms with Gasteiger partial charge in [-0.3, -0.25) is 4.79 Å². The van der Waals surface area contributed by atoms with E-state index in [1.807, 2.05) is 74.5 Å². The van der Waals surface area contributed by atoms with Gasteiger partial charge in [-0.1, -0.05) is 50.2 Å². The Bertz CT molecular complexity index is 1120. The first-order valence-electron chi connectivity index (χ1n) is 11.8. The molecule has 9 heteroatoms. The predicted molar refractivity (Wildman–Crippen MR) is 137 cm³/mol. The predicted octanol–water partition coefficient (Wildman–Crippen LogP) is 7.17. The molecule has 0 saturated heterocycles. The van der Waals surface area contributed by atoms with E-state index in [2.05, 4.69) is 12.0 Å². The van der Waals surface area contributed by atoms with Crippen molar-refractivity contribution in [3.63, 3.8) is 0 Å². The Morgan fingerprint density at radius 1 is 0.784 bits per heavy atom. The minimum atomic E-state index is -5.03. The molecule has 198 valence electrons. The third kappa shape index (κ3) is 7.35. The Morgan fingerprint density at radius 3 is 1.59 bits per heavy atom. The maximum atomic E-state index is 13.3. The molecule has 0 fully saturated rings. The summed E-state index contributed by atoms with van der Waals surface area (Å²) in [7, 11) is -2.08. The topological polar surface area (TPSA) is 29.1 Å². The number of carbonyl (C=O) groups is 1. The molecule has 0 radical (unpaired) electrons. The number of nitrogens with one attached hydrogen (secondary N) is 1. The van der Waals surface area contributed by atoms with Gasteiger partial charge in [0.1, 0.15) is 0 Å². The maximum absolute atomic E-state index is 13.3. The van der Waals surface area contributed by atoms with Crippen molar-refractivity contribution in [3.8, 4) is 0 Å². The van der Waals surface area contributed by atoms with Gasteiger partial charge in [0.25, 0.3) is 5.91 Å². The Hall–Kier alpha value is -2.86. The fraction of sp³-hybridized carbons (Fsp3) is 0.321. The maximum Gasteiger partial charge on any atom is 0.416 e. The first-order chi connectivity index (χ1) is 17.2. The summed E-state index contributed by atoms with van der Waals surface area (Å²) in [5, 5.41) is 4.94. The van der Waals surface area contributed by atoms with Crippen LogP contribution in [-0.2, 0) is 12.4 Å². The quantitative estimate of drug-likeness (QED) is 0.238. The van der Waals surface area contributed by atoms with E-state index in [0.29, 0.717) is 24.7 Å². The molecular formula is C28H29F6NOP+. The number of alkyl halides is 6. The molecule has 0 spiro atoms. The van der Waals surface area contributed by atoms with E-state index >= 15 is 0 Å². The molecule has 3 aromatic carbocycles. The minimum Gasteiger partial charge on any atom is -0.346 e. The number of halogens is 6. The van der Waals surface area contributed by atoms with Crippen molar-refractivity contribution in [3.05, 3.63) is 95.6 Å². The third-order valence-corrected chi connectivity index (χ3v) is 10.2. The van der Waals surface area contributed by atoms with Crippen molar-refractivity contribution in [2.75, 3.05) is 12.8 Å². The summed E-state index contributed by atoms with van der Waals surface area (Å²) in [4.78, 5) is 13.1. The minimum absolute atomic E-state index is 0.0236. The van der Waals surface area contributed by atoms with Gasteiger partial charge < -0.3 is 5.32 Å². The van der Waals surface area contributed by atoms with E-state index in [-0.39, 0.29) is 12.0 Å². The zero-order valence-electron chi connectivity index (χ0n) is 20.7. The molecule has 3 aromatic rings. The molecule has 0 aliphatic rings. The molecular weight excluding hydrogens is 511 g/mol. The van der Waals surface area contributed by atoms with Crippen LogP contribution in [0.25, 0.3) is 0 Å². The molecule has 3 rings (SSSR count). The molecule has 1 atom stereocenters. The highest BCUT2D eigenvalue weighted by molar-refractivity contribution is 7.89. The van der Waals surface area contributed by atoms with Crippen LogP contribution >= 0.6 is 7.26 Å². The average molecular weight is 541 g/mol. The van der Waals surface area contributed by atoms with Gasteiger partial charge in [0.15, 0.2) is 0 Å². The van der Waals surface area contributed by atoms with Gasteiger partial charge in [-0.15, -0.1) is 0 Å². The van der Waals surface area contributed by atoms with Crippen molar-refractivity contribution in [1.82, 2.24) is 5.32 Å². The summed E-state index contributed by atoms with van der Waals surface area (Å²) in [6.45, 7) is 6.03. The average Bonchev–Trinajstić information content (AvgIpc) is 2.83. The molecule has 1 amide bonds. The second-order valence-corrected chi connectivity index (χ2v) is 13.4. The van der Waals surface area contributed by atoms with Gasteiger partial charge in [0, 0.05) is 5.56 Å². The van der Waals surface area contributed by atoms with Crippen molar-refractivity contribution in [1.29, 1.82) is 0 Å². The van der Waals surface area contributed by atoms with Crippen LogP contribution in [-0.4, -0.2) is 24.8 Å². The summed E-state index contributed by atoms with van der Waals surface area (Å²) >= 11 is 0. The van der Waals surface area contributed by atoms with Crippen LogP contribution in [0.15, 0.2) is 78.9 Å². The van der Waals surface area contributed by atoms with Crippen LogP contribution in [0.2, 0.25) is 0 Å². The van der Waals surface area contributed by atoms with E-state index in [0.717, 1.165) is 10.6 Å². The molecule has 0 aromatic heterocycles. The van der Waals surface area contributed by atoms with Gasteiger partial charge >= 0.3 is 12.4 Å². The summed E-state index contributed by atoms with van der Waals surface area (Å²) in [5.74, 6) is -0.840. The fourth-order valence-electron chi connectivity index (χ4n) is 4.42. The fourth-order valence-corrected chi connectivity index (χ4v) is 7.92. The standard InChI is InChI=1S/C28H28F6NOP/c1-19(2)14-23(18-37(3,24-10-6-4-7-11-24)25-12-8-5-9-13-25)35-26(36)20-15-21(27(29,30)31)17-22(16-20)28(32,33)34/h4-13,15-17,19,23H,14,18H2,1-3H3/p+1/t23-/m0/s1. The Labute approximate surface area is 213 Å². The lowest BCUT2D eigenvalue weighted by Crippen LogP contribution is -2.42. The second-order valence-electron chi connectivity index (χ2n) is 9.64. The van der Waals surface area contributed by atoms with Crippen LogP contribution in [0.1, 0.15) is 41.8 Å². The summed E-state index contributed by atoms with van der Waals surface area (Å²) in [6.07, 6.45) is -9.06. The van der Waals surface area contributed by atoms with Crippen molar-refractivity contribution < 1.29 is 31.1 Å². The molecule has 0 heterocycles. The monoisotopic (exact) mass is 540 g/mol. The van der Waals surface area contributed by atoms with Crippen LogP contribution in [0.4, 0.5) is 26.3 Å². The lowest BCUT2D eigenvalue weighted by atomic mass is 10.0. The van der Waals surface area contributed by atoms with E-state index in [1.165, 1.54) is 0 Å². The first kappa shape index (κ1) is 28.7. The number of carbonyl (C=O) groups excluding carboxylic acids is 1. The summed E-state index contributed by atoms with van der Waals surface area (Å²) in [5.41, 5.74) is -3.70. The summed E-state index contributed by atoms with van der Waals surface area (Å²) < 4.78 is 80.0. The van der Waals surface area contributed by atoms with E-state index in [9.17, 15) is 31.1 Å². The molecule has 0 saturated carbocycles. The zero-order chi connectivity index (χ0) is 27.4. The van der Waals surface area contributed by atoms with Gasteiger partial charge in [-0.05, 0) is 54.8 Å². The highest BCUT2D eigenvalue weighted by atomic mass is 31.2. The van der Waals surface area contributed by atoms with E-state index in [1.54, 1.807) is 0 Å². The lowest BCUT2D eigenvalue weighted by molar-refractivity contribution is -0.143. The molecule has 0 aliphatic carbocycles. The van der Waals surface area contributed by atoms with Crippen LogP contribution in [0.5, 0.6) is 0 Å². The van der Waals surface area contributed by atoms with Gasteiger partial charge in [0.05, 0.1) is 47.9 Å². The largest absolute Gasteiger partial charge is 0.416 e. The SMILES string of the molecule is CC(C)C[C@@H](C[P+](C)(c1ccccc1)c1ccccc1)NC(=O)c1cc(C(F)(F)F)cc(C(F)(F)F)c1. The van der Waals surface area contributed by atoms with Crippen molar-refractivity contribution >= 4 is 23.8 Å². The molecule has 1 N–H and O–H groups in total. The van der Waals surface area contributed by atoms with Crippen LogP contribution in [0.3, 0.4) is 0 Å². The number of hydrogen-bond acceptors (Lipinski definition) is 1. The molecule has 2 nitrogen and oxygen atoms in total. The van der Waals surface area contributed by atoms with E-state index < -0.39 is 48.3 Å². The number of hydrogen-bond donors (Lipinski definition) is 1.